The molecular weight excluding hydrogens is 351 g/mol. The van der Waals surface area contributed by atoms with Gasteiger partial charge in [0.15, 0.2) is 0 Å². The van der Waals surface area contributed by atoms with Crippen LogP contribution in [0.3, 0.4) is 0 Å². The molecule has 2 rings (SSSR count). The van der Waals surface area contributed by atoms with E-state index in [2.05, 4.69) is 29.6 Å². The maximum absolute atomic E-state index is 11.7. The van der Waals surface area contributed by atoms with Crippen LogP contribution in [0.2, 0.25) is 10.0 Å². The van der Waals surface area contributed by atoms with Crippen molar-refractivity contribution in [1.82, 2.24) is 5.43 Å². The second-order valence-electron chi connectivity index (χ2n) is 4.89. The van der Waals surface area contributed by atoms with Crippen LogP contribution in [0, 0.1) is 6.92 Å². The van der Waals surface area contributed by atoms with Crippen LogP contribution in [-0.4, -0.2) is 17.9 Å². The molecule has 0 unspecified atom stereocenters. The molecule has 0 heterocycles. The molecule has 0 aromatic heterocycles. The normalized spacial score (nSPS) is 10.9. The molecule has 2 aromatic rings. The van der Waals surface area contributed by atoms with E-state index >= 15 is 0 Å². The van der Waals surface area contributed by atoms with Gasteiger partial charge in [-0.05, 0) is 35.7 Å². The zero-order chi connectivity index (χ0) is 16.7. The first-order valence-electron chi connectivity index (χ1n) is 6.95. The van der Waals surface area contributed by atoms with E-state index in [4.69, 9.17) is 23.2 Å². The average molecular weight is 367 g/mol. The molecule has 3 nitrogen and oxygen atoms in total. The van der Waals surface area contributed by atoms with E-state index < -0.39 is 0 Å². The molecule has 1 amide bonds. The van der Waals surface area contributed by atoms with Crippen LogP contribution in [0.15, 0.2) is 47.6 Å². The monoisotopic (exact) mass is 366 g/mol. The highest BCUT2D eigenvalue weighted by atomic mass is 35.5. The predicted molar refractivity (Wildman–Crippen MR) is 99.5 cm³/mol. The Morgan fingerprint density at radius 3 is 2.74 bits per heavy atom. The second kappa shape index (κ2) is 8.96. The van der Waals surface area contributed by atoms with Gasteiger partial charge in [0.2, 0.25) is 5.91 Å². The van der Waals surface area contributed by atoms with Gasteiger partial charge < -0.3 is 0 Å². The fourth-order valence-corrected chi connectivity index (χ4v) is 3.03. The van der Waals surface area contributed by atoms with Gasteiger partial charge in [-0.25, -0.2) is 5.43 Å². The highest BCUT2D eigenvalue weighted by molar-refractivity contribution is 7.99. The quantitative estimate of drug-likeness (QED) is 0.595. The zero-order valence-corrected chi connectivity index (χ0v) is 14.9. The summed E-state index contributed by atoms with van der Waals surface area (Å²) < 4.78 is 0. The summed E-state index contributed by atoms with van der Waals surface area (Å²) >= 11 is 13.3. The van der Waals surface area contributed by atoms with Gasteiger partial charge in [-0.3, -0.25) is 4.79 Å². The van der Waals surface area contributed by atoms with Gasteiger partial charge >= 0.3 is 0 Å². The van der Waals surface area contributed by atoms with Gasteiger partial charge in [0.05, 0.1) is 22.0 Å². The average Bonchev–Trinajstić information content (AvgIpc) is 2.53. The number of rotatable bonds is 6. The molecule has 0 aliphatic heterocycles. The Hall–Kier alpha value is -1.49. The van der Waals surface area contributed by atoms with Crippen LogP contribution >= 0.6 is 35.0 Å². The lowest BCUT2D eigenvalue weighted by Crippen LogP contribution is -2.19. The number of amides is 1. The van der Waals surface area contributed by atoms with E-state index in [-0.39, 0.29) is 5.91 Å². The fourth-order valence-electron chi connectivity index (χ4n) is 1.83. The van der Waals surface area contributed by atoms with Crippen LogP contribution in [0.5, 0.6) is 0 Å². The van der Waals surface area contributed by atoms with Gasteiger partial charge in [-0.15, -0.1) is 11.8 Å². The minimum Gasteiger partial charge on any atom is -0.272 e. The number of nitrogens with one attached hydrogen (secondary N) is 1. The molecule has 0 radical (unpaired) electrons. The molecule has 0 fully saturated rings. The molecule has 0 spiro atoms. The highest BCUT2D eigenvalue weighted by Gasteiger charge is 2.02. The van der Waals surface area contributed by atoms with E-state index in [1.807, 2.05) is 12.1 Å². The summed E-state index contributed by atoms with van der Waals surface area (Å²) in [4.78, 5) is 11.7. The number of aryl methyl sites for hydroxylation is 1. The molecular formula is C17H16Cl2N2OS. The van der Waals surface area contributed by atoms with Crippen LogP contribution in [0.25, 0.3) is 0 Å². The lowest BCUT2D eigenvalue weighted by atomic mass is 10.1. The molecule has 0 saturated carbocycles. The van der Waals surface area contributed by atoms with Crippen molar-refractivity contribution in [2.24, 2.45) is 5.10 Å². The largest absolute Gasteiger partial charge is 0.272 e. The van der Waals surface area contributed by atoms with Crippen LogP contribution < -0.4 is 5.43 Å². The van der Waals surface area contributed by atoms with Crippen molar-refractivity contribution >= 4 is 47.1 Å². The Kier molecular flexibility index (Phi) is 6.96. The smallest absolute Gasteiger partial charge is 0.250 e. The third-order valence-corrected chi connectivity index (χ3v) is 4.82. The number of hydrogen-bond acceptors (Lipinski definition) is 3. The fraction of sp³-hybridized carbons (Fsp3) is 0.176. The van der Waals surface area contributed by atoms with Crippen molar-refractivity contribution in [2.75, 3.05) is 5.75 Å². The summed E-state index contributed by atoms with van der Waals surface area (Å²) in [6.45, 7) is 2.07. The first-order valence-corrected chi connectivity index (χ1v) is 8.86. The van der Waals surface area contributed by atoms with E-state index in [9.17, 15) is 4.79 Å². The molecule has 1 N–H and O–H groups in total. The third kappa shape index (κ3) is 5.90. The summed E-state index contributed by atoms with van der Waals surface area (Å²) in [5.74, 6) is 1.02. The second-order valence-corrected chi connectivity index (χ2v) is 6.69. The molecule has 120 valence electrons. The van der Waals surface area contributed by atoms with Crippen LogP contribution in [0.1, 0.15) is 16.7 Å². The number of carbonyl (C=O) groups excluding carboxylic acids is 1. The van der Waals surface area contributed by atoms with Crippen molar-refractivity contribution in [3.05, 3.63) is 69.2 Å². The Bertz CT molecular complexity index is 719. The maximum Gasteiger partial charge on any atom is 0.250 e. The van der Waals surface area contributed by atoms with Gasteiger partial charge in [0, 0.05) is 5.75 Å². The topological polar surface area (TPSA) is 41.5 Å². The lowest BCUT2D eigenvalue weighted by molar-refractivity contribution is -0.118. The van der Waals surface area contributed by atoms with Gasteiger partial charge in [-0.1, -0.05) is 53.5 Å². The number of halogens is 2. The predicted octanol–water partition coefficient (Wildman–Crippen LogP) is 4.69. The highest BCUT2D eigenvalue weighted by Crippen LogP contribution is 2.21. The van der Waals surface area contributed by atoms with E-state index in [1.54, 1.807) is 30.0 Å². The summed E-state index contributed by atoms with van der Waals surface area (Å²) in [5, 5.41) is 4.86. The molecule has 6 heteroatoms. The van der Waals surface area contributed by atoms with Crippen LogP contribution in [0.4, 0.5) is 0 Å². The Morgan fingerprint density at radius 1 is 1.22 bits per heavy atom. The van der Waals surface area contributed by atoms with Crippen molar-refractivity contribution < 1.29 is 4.79 Å². The first kappa shape index (κ1) is 17.9. The molecule has 0 aliphatic carbocycles. The third-order valence-electron chi connectivity index (χ3n) is 3.10. The number of hydrogen-bond donors (Lipinski definition) is 1. The molecule has 0 saturated heterocycles. The Labute approximate surface area is 150 Å². The standard InChI is InChI=1S/C17H16Cl2N2OS/c1-12-4-2-3-5-14(12)10-23-11-17(22)21-20-9-13-6-7-15(18)16(19)8-13/h2-9H,10-11H2,1H3,(H,21,22)/b20-9+. The number of thioether (sulfide) groups is 1. The first-order chi connectivity index (χ1) is 11.1. The maximum atomic E-state index is 11.7. The SMILES string of the molecule is Cc1ccccc1CSCC(=O)N/N=C/c1ccc(Cl)c(Cl)c1. The lowest BCUT2D eigenvalue weighted by Gasteiger charge is -2.04. The number of hydrazone groups is 1. The molecule has 0 atom stereocenters. The van der Waals surface area contributed by atoms with Gasteiger partial charge in [-0.2, -0.15) is 5.10 Å². The Balaban J connectivity index is 1.75. The van der Waals surface area contributed by atoms with Crippen molar-refractivity contribution in [1.29, 1.82) is 0 Å². The molecule has 2 aromatic carbocycles. The minimum absolute atomic E-state index is 0.139. The van der Waals surface area contributed by atoms with Crippen molar-refractivity contribution in [3.63, 3.8) is 0 Å². The summed E-state index contributed by atoms with van der Waals surface area (Å²) in [6, 6.07) is 13.3. The summed E-state index contributed by atoms with van der Waals surface area (Å²) in [5.41, 5.74) is 5.75. The van der Waals surface area contributed by atoms with Gasteiger partial charge in [0.1, 0.15) is 0 Å². The Morgan fingerprint density at radius 2 is 2.00 bits per heavy atom. The van der Waals surface area contributed by atoms with Crippen LogP contribution in [-0.2, 0) is 10.5 Å². The number of nitrogens with zero attached hydrogens (tertiary/aromatic N) is 1. The van der Waals surface area contributed by atoms with Crippen molar-refractivity contribution in [2.45, 2.75) is 12.7 Å². The van der Waals surface area contributed by atoms with E-state index in [0.29, 0.717) is 15.8 Å². The molecule has 0 bridgehead atoms. The number of benzene rings is 2. The zero-order valence-electron chi connectivity index (χ0n) is 12.6. The van der Waals surface area contributed by atoms with Gasteiger partial charge in [0.25, 0.3) is 0 Å². The minimum atomic E-state index is -0.139. The summed E-state index contributed by atoms with van der Waals surface area (Å²) in [7, 11) is 0. The van der Waals surface area contributed by atoms with Crippen molar-refractivity contribution in [3.8, 4) is 0 Å². The van der Waals surface area contributed by atoms with E-state index in [0.717, 1.165) is 11.3 Å². The molecule has 23 heavy (non-hydrogen) atoms. The summed E-state index contributed by atoms with van der Waals surface area (Å²) in [6.07, 6.45) is 1.53. The number of carbonyl (C=O) groups is 1. The molecule has 0 aliphatic rings. The van der Waals surface area contributed by atoms with E-state index in [1.165, 1.54) is 17.3 Å².